The highest BCUT2D eigenvalue weighted by Gasteiger charge is 2.34. The molecule has 4 aromatic rings. The molecule has 168 valence electrons. The first-order valence-corrected chi connectivity index (χ1v) is 11.4. The number of ether oxygens (including phenoxy) is 1. The predicted octanol–water partition coefficient (Wildman–Crippen LogP) is 5.50. The monoisotopic (exact) mass is 440 g/mol. The van der Waals surface area contributed by atoms with Crippen LogP contribution in [0.15, 0.2) is 72.9 Å². The van der Waals surface area contributed by atoms with Crippen molar-refractivity contribution in [3.05, 3.63) is 78.5 Å². The van der Waals surface area contributed by atoms with Gasteiger partial charge in [-0.1, -0.05) is 54.6 Å². The number of nitrogens with one attached hydrogen (secondary N) is 1. The van der Waals surface area contributed by atoms with E-state index in [0.29, 0.717) is 5.75 Å². The summed E-state index contributed by atoms with van der Waals surface area (Å²) >= 11 is 0. The number of nitrogens with zero attached hydrogens (tertiary/aromatic N) is 2. The van der Waals surface area contributed by atoms with Crippen molar-refractivity contribution in [2.45, 2.75) is 44.7 Å². The third-order valence-corrected chi connectivity index (χ3v) is 6.23. The summed E-state index contributed by atoms with van der Waals surface area (Å²) in [5, 5.41) is 2.75. The molecule has 6 heteroatoms. The number of amides is 1. The Kier molecular flexibility index (Phi) is 5.38. The van der Waals surface area contributed by atoms with Crippen molar-refractivity contribution in [1.29, 1.82) is 0 Å². The number of pyridine rings is 1. The van der Waals surface area contributed by atoms with Gasteiger partial charge in [-0.25, -0.2) is 9.78 Å². The Labute approximate surface area is 193 Å². The fourth-order valence-corrected chi connectivity index (χ4v) is 4.34. The first-order valence-electron chi connectivity index (χ1n) is 11.4. The van der Waals surface area contributed by atoms with Crippen molar-refractivity contribution in [2.24, 2.45) is 5.73 Å². The lowest BCUT2D eigenvalue weighted by Crippen LogP contribution is -2.43. The summed E-state index contributed by atoms with van der Waals surface area (Å²) in [5.41, 5.74) is 12.1. The minimum absolute atomic E-state index is 0.00322. The highest BCUT2D eigenvalue weighted by molar-refractivity contribution is 5.82. The maximum Gasteiger partial charge on any atom is 0.412 e. The number of fused-ring (bicyclic) bond motifs is 1. The Hall–Kier alpha value is -3.64. The van der Waals surface area contributed by atoms with Crippen molar-refractivity contribution < 1.29 is 9.53 Å². The summed E-state index contributed by atoms with van der Waals surface area (Å²) in [6.07, 6.45) is 4.58. The number of aromatic nitrogens is 2. The van der Waals surface area contributed by atoms with Crippen LogP contribution in [0.25, 0.3) is 28.2 Å². The number of benzene rings is 2. The van der Waals surface area contributed by atoms with Crippen LogP contribution in [-0.4, -0.2) is 21.5 Å². The van der Waals surface area contributed by atoms with E-state index in [-0.39, 0.29) is 11.6 Å². The average Bonchev–Trinajstić information content (AvgIpc) is 3.16. The molecule has 0 bridgehead atoms. The molecule has 0 unspecified atom stereocenters. The van der Waals surface area contributed by atoms with Crippen LogP contribution >= 0.6 is 0 Å². The van der Waals surface area contributed by atoms with E-state index >= 15 is 0 Å². The molecule has 1 amide bonds. The maximum atomic E-state index is 12.1. The largest absolute Gasteiger partial charge is 0.412 e. The summed E-state index contributed by atoms with van der Waals surface area (Å²) in [6.45, 7) is 3.78. The molecule has 0 spiro atoms. The predicted molar refractivity (Wildman–Crippen MR) is 130 cm³/mol. The summed E-state index contributed by atoms with van der Waals surface area (Å²) in [7, 11) is 0. The fourth-order valence-electron chi connectivity index (χ4n) is 4.34. The second-order valence-corrected chi connectivity index (χ2v) is 9.04. The van der Waals surface area contributed by atoms with Gasteiger partial charge in [0, 0.05) is 22.7 Å². The molecule has 1 aliphatic rings. The Morgan fingerprint density at radius 2 is 1.76 bits per heavy atom. The third-order valence-electron chi connectivity index (χ3n) is 6.23. The number of rotatable bonds is 5. The second kappa shape index (κ2) is 8.37. The molecule has 33 heavy (non-hydrogen) atoms. The molecule has 3 N–H and O–H groups in total. The molecule has 2 aromatic carbocycles. The van der Waals surface area contributed by atoms with Gasteiger partial charge in [0.25, 0.3) is 0 Å². The number of hydrogen-bond donors (Lipinski definition) is 2. The van der Waals surface area contributed by atoms with Gasteiger partial charge >= 0.3 is 6.09 Å². The van der Waals surface area contributed by atoms with Gasteiger partial charge in [0.1, 0.15) is 11.4 Å². The van der Waals surface area contributed by atoms with Crippen LogP contribution in [-0.2, 0) is 5.54 Å². The third kappa shape index (κ3) is 4.10. The second-order valence-electron chi connectivity index (χ2n) is 9.04. The Morgan fingerprint density at radius 1 is 1.03 bits per heavy atom. The molecular formula is C27H28N4O2. The Morgan fingerprint density at radius 3 is 2.39 bits per heavy atom. The van der Waals surface area contributed by atoms with Crippen LogP contribution in [0.1, 0.15) is 38.7 Å². The molecular weight excluding hydrogens is 412 g/mol. The number of nitrogens with two attached hydrogens (primary N) is 1. The molecule has 2 heterocycles. The zero-order valence-corrected chi connectivity index (χ0v) is 18.9. The first kappa shape index (κ1) is 21.2. The lowest BCUT2D eigenvalue weighted by atomic mass is 9.72. The van der Waals surface area contributed by atoms with Gasteiger partial charge in [-0.05, 0) is 50.8 Å². The van der Waals surface area contributed by atoms with Gasteiger partial charge in [0.05, 0.1) is 17.6 Å². The van der Waals surface area contributed by atoms with Crippen LogP contribution in [0.4, 0.5) is 4.79 Å². The van der Waals surface area contributed by atoms with E-state index in [1.54, 1.807) is 6.07 Å². The van der Waals surface area contributed by atoms with Crippen LogP contribution in [0.3, 0.4) is 0 Å². The highest BCUT2D eigenvalue weighted by atomic mass is 16.6. The summed E-state index contributed by atoms with van der Waals surface area (Å²) in [4.78, 5) is 17.0. The van der Waals surface area contributed by atoms with Crippen molar-refractivity contribution in [1.82, 2.24) is 14.7 Å². The normalized spacial score (nSPS) is 14.8. The van der Waals surface area contributed by atoms with E-state index in [2.05, 4.69) is 41.7 Å². The minimum Gasteiger partial charge on any atom is -0.409 e. The van der Waals surface area contributed by atoms with E-state index < -0.39 is 6.09 Å². The van der Waals surface area contributed by atoms with Crippen molar-refractivity contribution >= 4 is 11.7 Å². The lowest BCUT2D eigenvalue weighted by Gasteiger charge is -2.38. The zero-order chi connectivity index (χ0) is 23.0. The molecule has 5 rings (SSSR count). The van der Waals surface area contributed by atoms with E-state index in [4.69, 9.17) is 15.5 Å². The molecule has 0 saturated heterocycles. The quantitative estimate of drug-likeness (QED) is 0.429. The van der Waals surface area contributed by atoms with Crippen LogP contribution < -0.4 is 15.8 Å². The van der Waals surface area contributed by atoms with Crippen LogP contribution in [0, 0.1) is 0 Å². The van der Waals surface area contributed by atoms with E-state index in [0.717, 1.165) is 41.0 Å². The van der Waals surface area contributed by atoms with E-state index in [9.17, 15) is 4.79 Å². The van der Waals surface area contributed by atoms with Gasteiger partial charge in [-0.2, -0.15) is 0 Å². The molecule has 0 aliphatic heterocycles. The summed E-state index contributed by atoms with van der Waals surface area (Å²) < 4.78 is 7.48. The summed E-state index contributed by atoms with van der Waals surface area (Å²) in [5.74, 6) is 0.451. The molecule has 1 aliphatic carbocycles. The molecule has 6 nitrogen and oxygen atoms in total. The number of imidazole rings is 1. The smallest absolute Gasteiger partial charge is 0.409 e. The van der Waals surface area contributed by atoms with E-state index in [1.807, 2.05) is 48.7 Å². The molecule has 1 saturated carbocycles. The number of hydrogen-bond acceptors (Lipinski definition) is 4. The van der Waals surface area contributed by atoms with Gasteiger partial charge in [0.2, 0.25) is 0 Å². The fraction of sp³-hybridized carbons (Fsp3) is 0.259. The average molecular weight is 441 g/mol. The number of carbonyl (C=O) groups excluding carboxylic acids is 1. The standard InChI is InChI=1S/C27H28N4O2/c1-18(2)29-26(32)33-22-13-14-23-30-24(25(31(23)17-22)20-7-4-3-5-8-20)19-9-11-21(12-10-19)27(28)15-6-16-27/h3-5,7-14,17-18H,6,15-16,28H2,1-2H3,(H,29,32). The molecule has 0 radical (unpaired) electrons. The minimum atomic E-state index is -0.478. The van der Waals surface area contributed by atoms with Crippen LogP contribution in [0.5, 0.6) is 5.75 Å². The molecule has 1 fully saturated rings. The van der Waals surface area contributed by atoms with Crippen molar-refractivity contribution in [2.75, 3.05) is 0 Å². The van der Waals surface area contributed by atoms with Gasteiger partial charge in [-0.3, -0.25) is 4.40 Å². The van der Waals surface area contributed by atoms with Crippen molar-refractivity contribution in [3.63, 3.8) is 0 Å². The Bertz CT molecular complexity index is 1290. The van der Waals surface area contributed by atoms with Crippen molar-refractivity contribution in [3.8, 4) is 28.3 Å². The van der Waals surface area contributed by atoms with Gasteiger partial charge in [-0.15, -0.1) is 0 Å². The van der Waals surface area contributed by atoms with Crippen LogP contribution in [0.2, 0.25) is 0 Å². The van der Waals surface area contributed by atoms with Gasteiger partial charge < -0.3 is 15.8 Å². The topological polar surface area (TPSA) is 81.6 Å². The van der Waals surface area contributed by atoms with Gasteiger partial charge in [0.15, 0.2) is 0 Å². The van der Waals surface area contributed by atoms with E-state index in [1.165, 1.54) is 12.0 Å². The lowest BCUT2D eigenvalue weighted by molar-refractivity contribution is 0.197. The SMILES string of the molecule is CC(C)NC(=O)Oc1ccc2nc(-c3ccc(C4(N)CCC4)cc3)c(-c3ccccc3)n2c1. The Balaban J connectivity index is 1.59. The maximum absolute atomic E-state index is 12.1. The summed E-state index contributed by atoms with van der Waals surface area (Å²) in [6, 6.07) is 22.2. The highest BCUT2D eigenvalue weighted by Crippen LogP contribution is 2.40. The molecule has 2 aromatic heterocycles. The number of carbonyl (C=O) groups is 1. The first-order chi connectivity index (χ1) is 15.9. The zero-order valence-electron chi connectivity index (χ0n) is 18.9. The molecule has 0 atom stereocenters.